The van der Waals surface area contributed by atoms with Crippen LogP contribution in [-0.4, -0.2) is 36.6 Å². The van der Waals surface area contributed by atoms with Crippen LogP contribution in [0.25, 0.3) is 0 Å². The van der Waals surface area contributed by atoms with Crippen LogP contribution in [0.1, 0.15) is 37.7 Å². The van der Waals surface area contributed by atoms with E-state index in [1.807, 2.05) is 55.7 Å². The Hall–Kier alpha value is -2.46. The molecule has 1 aromatic carbocycles. The second kappa shape index (κ2) is 9.65. The van der Waals surface area contributed by atoms with Gasteiger partial charge in [-0.3, -0.25) is 10.1 Å². The van der Waals surface area contributed by atoms with Gasteiger partial charge in [-0.2, -0.15) is 0 Å². The number of amides is 1. The van der Waals surface area contributed by atoms with E-state index in [0.29, 0.717) is 16.8 Å². The van der Waals surface area contributed by atoms with Gasteiger partial charge in [0.25, 0.3) is 0 Å². The van der Waals surface area contributed by atoms with Gasteiger partial charge in [0.05, 0.1) is 5.75 Å². The van der Waals surface area contributed by atoms with Crippen LogP contribution in [0.2, 0.25) is 0 Å². The summed E-state index contributed by atoms with van der Waals surface area (Å²) in [5.41, 5.74) is 0. The summed E-state index contributed by atoms with van der Waals surface area (Å²) in [6.07, 6.45) is 0.542. The number of aromatic nitrogens is 5. The van der Waals surface area contributed by atoms with E-state index >= 15 is 0 Å². The Labute approximate surface area is 171 Å². The van der Waals surface area contributed by atoms with E-state index in [-0.39, 0.29) is 17.8 Å². The second-order valence-electron chi connectivity index (χ2n) is 5.85. The summed E-state index contributed by atoms with van der Waals surface area (Å²) in [4.78, 5) is 12.2. The maximum absolute atomic E-state index is 12.2. The summed E-state index contributed by atoms with van der Waals surface area (Å²) in [5.74, 6) is 1.57. The highest BCUT2D eigenvalue weighted by atomic mass is 32.2. The van der Waals surface area contributed by atoms with E-state index in [1.54, 1.807) is 0 Å². The van der Waals surface area contributed by atoms with Crippen LogP contribution in [0.4, 0.5) is 5.13 Å². The number of carbonyl (C=O) groups excluding carboxylic acids is 1. The Morgan fingerprint density at radius 3 is 2.68 bits per heavy atom. The molecule has 0 aliphatic carbocycles. The summed E-state index contributed by atoms with van der Waals surface area (Å²) < 4.78 is 7.91. The zero-order chi connectivity index (χ0) is 19.9. The number of nitrogens with one attached hydrogen (secondary N) is 1. The quantitative estimate of drug-likeness (QED) is 0.531. The van der Waals surface area contributed by atoms with Crippen molar-refractivity contribution < 1.29 is 9.53 Å². The fraction of sp³-hybridized carbons (Fsp3) is 0.389. The smallest absolute Gasteiger partial charge is 0.236 e. The van der Waals surface area contributed by atoms with Crippen molar-refractivity contribution in [1.29, 1.82) is 0 Å². The van der Waals surface area contributed by atoms with Gasteiger partial charge < -0.3 is 9.30 Å². The molecular weight excluding hydrogens is 396 g/mol. The Morgan fingerprint density at radius 2 is 2.00 bits per heavy atom. The van der Waals surface area contributed by atoms with E-state index in [9.17, 15) is 4.79 Å². The van der Waals surface area contributed by atoms with Crippen LogP contribution < -0.4 is 10.1 Å². The molecule has 0 saturated carbocycles. The molecule has 2 aromatic heterocycles. The summed E-state index contributed by atoms with van der Waals surface area (Å²) in [7, 11) is 0. The number of ether oxygens (including phenoxy) is 1. The maximum Gasteiger partial charge on any atom is 0.236 e. The molecule has 148 valence electrons. The highest BCUT2D eigenvalue weighted by molar-refractivity contribution is 7.99. The van der Waals surface area contributed by atoms with Crippen molar-refractivity contribution in [2.45, 2.75) is 45.0 Å². The lowest BCUT2D eigenvalue weighted by molar-refractivity contribution is -0.113. The third-order valence-electron chi connectivity index (χ3n) is 3.83. The zero-order valence-corrected chi connectivity index (χ0v) is 17.6. The zero-order valence-electron chi connectivity index (χ0n) is 16.0. The van der Waals surface area contributed by atoms with Crippen molar-refractivity contribution in [3.8, 4) is 5.75 Å². The van der Waals surface area contributed by atoms with Crippen LogP contribution in [0, 0.1) is 0 Å². The largest absolute Gasteiger partial charge is 0.483 e. The van der Waals surface area contributed by atoms with E-state index in [2.05, 4.69) is 25.7 Å². The fourth-order valence-corrected chi connectivity index (χ4v) is 4.00. The summed E-state index contributed by atoms with van der Waals surface area (Å²) in [6.45, 7) is 6.63. The molecular formula is C18H22N6O2S2. The first kappa shape index (κ1) is 20.3. The van der Waals surface area contributed by atoms with Crippen LogP contribution in [0.15, 0.2) is 35.5 Å². The number of aryl methyl sites for hydroxylation is 1. The normalized spacial score (nSPS) is 12.0. The molecule has 8 nitrogen and oxygen atoms in total. The second-order valence-corrected chi connectivity index (χ2v) is 7.85. The van der Waals surface area contributed by atoms with Gasteiger partial charge in [0.1, 0.15) is 10.8 Å². The minimum Gasteiger partial charge on any atom is -0.483 e. The topological polar surface area (TPSA) is 94.8 Å². The lowest BCUT2D eigenvalue weighted by Gasteiger charge is -2.15. The van der Waals surface area contributed by atoms with Gasteiger partial charge in [-0.05, 0) is 32.4 Å². The molecule has 0 fully saturated rings. The first-order chi connectivity index (χ1) is 13.6. The van der Waals surface area contributed by atoms with Gasteiger partial charge in [0.15, 0.2) is 17.1 Å². The Morgan fingerprint density at radius 1 is 1.21 bits per heavy atom. The molecule has 0 spiro atoms. The number of anilines is 1. The lowest BCUT2D eigenvalue weighted by Crippen LogP contribution is -2.15. The number of thioether (sulfide) groups is 1. The minimum absolute atomic E-state index is 0.149. The number of hydrogen-bond donors (Lipinski definition) is 1. The SMILES string of the molecule is CCc1nnc(NC(=O)CSc2nnc([C@@H](C)Oc3ccccc3)n2CC)s1. The number of carbonyl (C=O) groups is 1. The van der Waals surface area contributed by atoms with Gasteiger partial charge in [0, 0.05) is 6.54 Å². The van der Waals surface area contributed by atoms with Crippen molar-refractivity contribution in [3.05, 3.63) is 41.2 Å². The van der Waals surface area contributed by atoms with Crippen molar-refractivity contribution in [3.63, 3.8) is 0 Å². The molecule has 0 unspecified atom stereocenters. The van der Waals surface area contributed by atoms with Crippen molar-refractivity contribution in [2.24, 2.45) is 0 Å². The molecule has 2 heterocycles. The highest BCUT2D eigenvalue weighted by Crippen LogP contribution is 2.24. The molecule has 0 saturated heterocycles. The van der Waals surface area contributed by atoms with E-state index in [1.165, 1.54) is 23.1 Å². The molecule has 1 atom stereocenters. The number of para-hydroxylation sites is 1. The molecule has 0 aliphatic heterocycles. The molecule has 0 bridgehead atoms. The van der Waals surface area contributed by atoms with Gasteiger partial charge in [-0.25, -0.2) is 0 Å². The number of nitrogens with zero attached hydrogens (tertiary/aromatic N) is 5. The predicted octanol–water partition coefficient (Wildman–Crippen LogP) is 3.58. The molecule has 3 rings (SSSR count). The van der Waals surface area contributed by atoms with Gasteiger partial charge in [0.2, 0.25) is 11.0 Å². The number of benzene rings is 1. The first-order valence-electron chi connectivity index (χ1n) is 9.00. The highest BCUT2D eigenvalue weighted by Gasteiger charge is 2.19. The first-order valence-corrected chi connectivity index (χ1v) is 10.8. The molecule has 0 radical (unpaired) electrons. The van der Waals surface area contributed by atoms with E-state index in [0.717, 1.165) is 23.0 Å². The molecule has 0 aliphatic rings. The maximum atomic E-state index is 12.2. The molecule has 28 heavy (non-hydrogen) atoms. The minimum atomic E-state index is -0.258. The average molecular weight is 419 g/mol. The summed E-state index contributed by atoms with van der Waals surface area (Å²) in [6, 6.07) is 9.60. The van der Waals surface area contributed by atoms with Crippen molar-refractivity contribution in [2.75, 3.05) is 11.1 Å². The van der Waals surface area contributed by atoms with Gasteiger partial charge in [-0.1, -0.05) is 48.2 Å². The van der Waals surface area contributed by atoms with E-state index < -0.39 is 0 Å². The monoisotopic (exact) mass is 418 g/mol. The number of rotatable bonds is 9. The summed E-state index contributed by atoms with van der Waals surface area (Å²) in [5, 5.41) is 21.3. The molecule has 10 heteroatoms. The molecule has 3 aromatic rings. The Bertz CT molecular complexity index is 912. The lowest BCUT2D eigenvalue weighted by atomic mass is 10.3. The summed E-state index contributed by atoms with van der Waals surface area (Å²) >= 11 is 2.72. The van der Waals surface area contributed by atoms with E-state index in [4.69, 9.17) is 4.74 Å². The van der Waals surface area contributed by atoms with Crippen LogP contribution in [0.5, 0.6) is 5.75 Å². The fourth-order valence-electron chi connectivity index (χ4n) is 2.49. The van der Waals surface area contributed by atoms with Crippen molar-refractivity contribution in [1.82, 2.24) is 25.0 Å². The Kier molecular flexibility index (Phi) is 6.99. The van der Waals surface area contributed by atoms with Crippen LogP contribution in [-0.2, 0) is 17.8 Å². The number of hydrogen-bond acceptors (Lipinski definition) is 8. The molecule has 1 amide bonds. The third kappa shape index (κ3) is 5.08. The van der Waals surface area contributed by atoms with Crippen LogP contribution >= 0.6 is 23.1 Å². The van der Waals surface area contributed by atoms with Crippen LogP contribution in [0.3, 0.4) is 0 Å². The van der Waals surface area contributed by atoms with Gasteiger partial charge in [-0.15, -0.1) is 20.4 Å². The third-order valence-corrected chi connectivity index (χ3v) is 5.78. The van der Waals surface area contributed by atoms with Gasteiger partial charge >= 0.3 is 0 Å². The predicted molar refractivity (Wildman–Crippen MR) is 110 cm³/mol. The molecule has 1 N–H and O–H groups in total. The van der Waals surface area contributed by atoms with Crippen molar-refractivity contribution >= 4 is 34.1 Å². The Balaban J connectivity index is 1.60. The standard InChI is InChI=1S/C18H22N6O2S2/c1-4-15-20-22-17(28-15)19-14(25)11-27-18-23-21-16(24(18)5-2)12(3)26-13-9-7-6-8-10-13/h6-10,12H,4-5,11H2,1-3H3,(H,19,22,25)/t12-/m1/s1. The average Bonchev–Trinajstić information content (AvgIpc) is 3.33.